The first-order valence-electron chi connectivity index (χ1n) is 8.88. The highest BCUT2D eigenvalue weighted by Gasteiger charge is 2.28. The first-order valence-corrected chi connectivity index (χ1v) is 8.88. The number of aryl methyl sites for hydroxylation is 1. The van der Waals surface area contributed by atoms with Crippen LogP contribution >= 0.6 is 0 Å². The van der Waals surface area contributed by atoms with Crippen molar-refractivity contribution in [3.8, 4) is 6.07 Å². The Labute approximate surface area is 157 Å². The quantitative estimate of drug-likeness (QED) is 0.747. The van der Waals surface area contributed by atoms with Gasteiger partial charge in [-0.25, -0.2) is 15.0 Å². The molecule has 3 aromatic rings. The van der Waals surface area contributed by atoms with E-state index in [4.69, 9.17) is 5.26 Å². The van der Waals surface area contributed by atoms with Crippen molar-refractivity contribution in [2.45, 2.75) is 25.4 Å². The van der Waals surface area contributed by atoms with Gasteiger partial charge in [-0.3, -0.25) is 9.88 Å². The first-order chi connectivity index (χ1) is 13.2. The number of nitriles is 1. The molecule has 1 N–H and O–H groups in total. The van der Waals surface area contributed by atoms with E-state index in [1.54, 1.807) is 24.5 Å². The molecule has 0 amide bonds. The van der Waals surface area contributed by atoms with Crippen LogP contribution in [0.1, 0.15) is 36.1 Å². The third-order valence-electron chi connectivity index (χ3n) is 4.79. The smallest absolute Gasteiger partial charge is 0.148 e. The van der Waals surface area contributed by atoms with Gasteiger partial charge in [-0.15, -0.1) is 0 Å². The minimum atomic E-state index is 0.264. The topological polar surface area (TPSA) is 95.6 Å². The zero-order chi connectivity index (χ0) is 18.6. The molecule has 0 unspecified atom stereocenters. The van der Waals surface area contributed by atoms with E-state index in [-0.39, 0.29) is 6.04 Å². The van der Waals surface area contributed by atoms with Crippen molar-refractivity contribution in [1.82, 2.24) is 29.4 Å². The van der Waals surface area contributed by atoms with Crippen molar-refractivity contribution in [2.75, 3.05) is 11.9 Å². The predicted octanol–water partition coefficient (Wildman–Crippen LogP) is 2.56. The Hall–Kier alpha value is -3.31. The van der Waals surface area contributed by atoms with Gasteiger partial charge in [0.05, 0.1) is 42.6 Å². The summed E-state index contributed by atoms with van der Waals surface area (Å²) in [6, 6.07) is 5.73. The number of nitrogens with zero attached hydrogens (tertiary/aromatic N) is 7. The van der Waals surface area contributed by atoms with Gasteiger partial charge in [0.1, 0.15) is 23.4 Å². The molecule has 0 aliphatic carbocycles. The third-order valence-corrected chi connectivity index (χ3v) is 4.79. The molecular weight excluding hydrogens is 340 g/mol. The second kappa shape index (κ2) is 7.51. The van der Waals surface area contributed by atoms with E-state index in [1.807, 2.05) is 31.7 Å². The molecule has 1 aliphatic rings. The van der Waals surface area contributed by atoms with Crippen LogP contribution in [0.25, 0.3) is 0 Å². The fourth-order valence-electron chi connectivity index (χ4n) is 3.34. The van der Waals surface area contributed by atoms with E-state index in [2.05, 4.69) is 34.7 Å². The summed E-state index contributed by atoms with van der Waals surface area (Å²) in [5.41, 5.74) is 2.13. The van der Waals surface area contributed by atoms with Crippen LogP contribution in [0.2, 0.25) is 0 Å². The number of likely N-dealkylation sites (tertiary alicyclic amines) is 1. The van der Waals surface area contributed by atoms with Gasteiger partial charge in [-0.2, -0.15) is 5.26 Å². The molecule has 0 radical (unpaired) electrons. The Balaban J connectivity index is 1.44. The fourth-order valence-corrected chi connectivity index (χ4v) is 3.34. The van der Waals surface area contributed by atoms with Crippen LogP contribution in [0.15, 0.2) is 43.1 Å². The standard InChI is InChI=1S/C19H20N8/c1-26-8-6-21-19(26)13-27-7-2-3-17(27)16-11-24-18(12-23-16)25-15-5-4-14(9-20)22-10-15/h4-6,8,10-12,17H,2-3,7,13H2,1H3,(H,24,25)/t17-/m1/s1. The maximum atomic E-state index is 8.81. The largest absolute Gasteiger partial charge is 0.338 e. The summed E-state index contributed by atoms with van der Waals surface area (Å²) in [7, 11) is 2.02. The molecule has 0 bridgehead atoms. The normalized spacial score (nSPS) is 17.0. The zero-order valence-electron chi connectivity index (χ0n) is 15.1. The maximum absolute atomic E-state index is 8.81. The average Bonchev–Trinajstić information content (AvgIpc) is 3.33. The van der Waals surface area contributed by atoms with E-state index in [9.17, 15) is 0 Å². The summed E-state index contributed by atoms with van der Waals surface area (Å²) in [5.74, 6) is 1.71. The van der Waals surface area contributed by atoms with Crippen LogP contribution in [0.3, 0.4) is 0 Å². The van der Waals surface area contributed by atoms with Gasteiger partial charge in [-0.05, 0) is 31.5 Å². The van der Waals surface area contributed by atoms with Crippen LogP contribution in [0.4, 0.5) is 11.5 Å². The minimum absolute atomic E-state index is 0.264. The number of hydrogen-bond donors (Lipinski definition) is 1. The average molecular weight is 360 g/mol. The maximum Gasteiger partial charge on any atom is 0.148 e. The molecular formula is C19H20N8. The number of aromatic nitrogens is 5. The van der Waals surface area contributed by atoms with Crippen molar-refractivity contribution in [3.63, 3.8) is 0 Å². The van der Waals surface area contributed by atoms with Gasteiger partial charge in [0.25, 0.3) is 0 Å². The number of nitrogens with one attached hydrogen (secondary N) is 1. The molecule has 4 rings (SSSR count). The van der Waals surface area contributed by atoms with Crippen molar-refractivity contribution in [1.29, 1.82) is 5.26 Å². The molecule has 1 saturated heterocycles. The zero-order valence-corrected chi connectivity index (χ0v) is 15.1. The van der Waals surface area contributed by atoms with Crippen LogP contribution in [-0.4, -0.2) is 35.9 Å². The van der Waals surface area contributed by atoms with Crippen LogP contribution in [-0.2, 0) is 13.6 Å². The molecule has 0 aromatic carbocycles. The first kappa shape index (κ1) is 17.1. The Morgan fingerprint density at radius 3 is 2.78 bits per heavy atom. The highest BCUT2D eigenvalue weighted by molar-refractivity contribution is 5.54. The van der Waals surface area contributed by atoms with Crippen molar-refractivity contribution in [2.24, 2.45) is 7.05 Å². The Morgan fingerprint density at radius 1 is 1.19 bits per heavy atom. The van der Waals surface area contributed by atoms with E-state index in [0.717, 1.165) is 43.1 Å². The van der Waals surface area contributed by atoms with Crippen LogP contribution in [0, 0.1) is 11.3 Å². The van der Waals surface area contributed by atoms with Crippen LogP contribution < -0.4 is 5.32 Å². The molecule has 0 spiro atoms. The third kappa shape index (κ3) is 3.78. The lowest BCUT2D eigenvalue weighted by Crippen LogP contribution is -2.25. The lowest BCUT2D eigenvalue weighted by molar-refractivity contribution is 0.235. The van der Waals surface area contributed by atoms with Gasteiger partial charge in [-0.1, -0.05) is 0 Å². The van der Waals surface area contributed by atoms with E-state index < -0.39 is 0 Å². The van der Waals surface area contributed by atoms with Crippen molar-refractivity contribution >= 4 is 11.5 Å². The molecule has 1 fully saturated rings. The minimum Gasteiger partial charge on any atom is -0.338 e. The molecule has 0 saturated carbocycles. The predicted molar refractivity (Wildman–Crippen MR) is 99.9 cm³/mol. The molecule has 27 heavy (non-hydrogen) atoms. The Bertz CT molecular complexity index is 939. The summed E-state index contributed by atoms with van der Waals surface area (Å²) in [4.78, 5) is 20.0. The monoisotopic (exact) mass is 360 g/mol. The van der Waals surface area contributed by atoms with Gasteiger partial charge >= 0.3 is 0 Å². The lowest BCUT2D eigenvalue weighted by Gasteiger charge is -2.23. The molecule has 1 atom stereocenters. The summed E-state index contributed by atoms with van der Waals surface area (Å²) < 4.78 is 2.06. The van der Waals surface area contributed by atoms with Gasteiger partial charge in [0, 0.05) is 19.4 Å². The van der Waals surface area contributed by atoms with Gasteiger partial charge in [0.15, 0.2) is 0 Å². The van der Waals surface area contributed by atoms with Crippen LogP contribution in [0.5, 0.6) is 0 Å². The molecule has 136 valence electrons. The van der Waals surface area contributed by atoms with E-state index >= 15 is 0 Å². The highest BCUT2D eigenvalue weighted by Crippen LogP contribution is 2.31. The molecule has 8 heteroatoms. The summed E-state index contributed by atoms with van der Waals surface area (Å²) >= 11 is 0. The summed E-state index contributed by atoms with van der Waals surface area (Å²) in [5, 5.41) is 12.0. The second-order valence-electron chi connectivity index (χ2n) is 6.58. The van der Waals surface area contributed by atoms with Crippen molar-refractivity contribution in [3.05, 3.63) is 60.3 Å². The SMILES string of the molecule is Cn1ccnc1CN1CCC[C@@H]1c1cnc(Nc2ccc(C#N)nc2)cn1. The van der Waals surface area contributed by atoms with Gasteiger partial charge < -0.3 is 9.88 Å². The summed E-state index contributed by atoms with van der Waals surface area (Å²) in [6.07, 6.45) is 11.2. The number of rotatable bonds is 5. The molecule has 3 aromatic heterocycles. The van der Waals surface area contributed by atoms with E-state index in [1.165, 1.54) is 0 Å². The molecule has 8 nitrogen and oxygen atoms in total. The Kier molecular flexibility index (Phi) is 4.77. The number of anilines is 2. The fraction of sp³-hybridized carbons (Fsp3) is 0.316. The second-order valence-corrected chi connectivity index (χ2v) is 6.58. The molecule has 1 aliphatic heterocycles. The lowest BCUT2D eigenvalue weighted by atomic mass is 10.1. The Morgan fingerprint density at radius 2 is 2.11 bits per heavy atom. The molecule has 4 heterocycles. The number of pyridine rings is 1. The highest BCUT2D eigenvalue weighted by atomic mass is 15.2. The van der Waals surface area contributed by atoms with Crippen molar-refractivity contribution < 1.29 is 0 Å². The number of hydrogen-bond acceptors (Lipinski definition) is 7. The van der Waals surface area contributed by atoms with E-state index in [0.29, 0.717) is 11.5 Å². The number of imidazole rings is 1. The summed E-state index contributed by atoms with van der Waals surface area (Å²) in [6.45, 7) is 1.85. The van der Waals surface area contributed by atoms with Gasteiger partial charge in [0.2, 0.25) is 0 Å².